The standard InChI is InChI=1S/C14H11BrN2O4/c1-8-10(15)5-3-6-11(8)16-12-7-2-4-9(14(18)19)13(12)17(20)21/h2-7,16H,1H3,(H,18,19). The van der Waals surface area contributed by atoms with Crippen molar-refractivity contribution in [2.45, 2.75) is 6.92 Å². The number of anilines is 2. The highest BCUT2D eigenvalue weighted by Gasteiger charge is 2.24. The van der Waals surface area contributed by atoms with Crippen LogP contribution in [0.4, 0.5) is 17.1 Å². The number of para-hydroxylation sites is 1. The van der Waals surface area contributed by atoms with E-state index in [9.17, 15) is 14.9 Å². The number of nitro benzene ring substituents is 1. The molecule has 0 amide bonds. The molecular weight excluding hydrogens is 340 g/mol. The van der Waals surface area contributed by atoms with Crippen molar-refractivity contribution in [1.82, 2.24) is 0 Å². The zero-order chi connectivity index (χ0) is 15.6. The van der Waals surface area contributed by atoms with Crippen molar-refractivity contribution < 1.29 is 14.8 Å². The summed E-state index contributed by atoms with van der Waals surface area (Å²) in [6, 6.07) is 9.54. The number of nitro groups is 1. The molecule has 0 aromatic heterocycles. The molecule has 21 heavy (non-hydrogen) atoms. The van der Waals surface area contributed by atoms with Crippen molar-refractivity contribution in [1.29, 1.82) is 0 Å². The fourth-order valence-corrected chi connectivity index (χ4v) is 2.27. The quantitative estimate of drug-likeness (QED) is 0.639. The zero-order valence-electron chi connectivity index (χ0n) is 11.0. The van der Waals surface area contributed by atoms with E-state index in [4.69, 9.17) is 5.11 Å². The molecule has 2 N–H and O–H groups in total. The molecule has 7 heteroatoms. The molecule has 0 aliphatic carbocycles. The van der Waals surface area contributed by atoms with Gasteiger partial charge in [-0.1, -0.05) is 28.1 Å². The second kappa shape index (κ2) is 5.92. The highest BCUT2D eigenvalue weighted by Crippen LogP contribution is 2.33. The lowest BCUT2D eigenvalue weighted by molar-refractivity contribution is -0.384. The molecule has 0 aliphatic heterocycles. The van der Waals surface area contributed by atoms with Crippen molar-refractivity contribution in [3.63, 3.8) is 0 Å². The van der Waals surface area contributed by atoms with E-state index in [1.54, 1.807) is 12.1 Å². The number of benzene rings is 2. The van der Waals surface area contributed by atoms with Gasteiger partial charge in [-0.15, -0.1) is 0 Å². The maximum atomic E-state index is 11.2. The molecule has 0 unspecified atom stereocenters. The number of carboxylic acids is 1. The molecule has 0 saturated carbocycles. The lowest BCUT2D eigenvalue weighted by atomic mass is 10.1. The third kappa shape index (κ3) is 3.03. The number of hydrogen-bond acceptors (Lipinski definition) is 4. The fraction of sp³-hybridized carbons (Fsp3) is 0.0714. The molecule has 0 atom stereocenters. The van der Waals surface area contributed by atoms with Crippen molar-refractivity contribution in [2.24, 2.45) is 0 Å². The first-order chi connectivity index (χ1) is 9.91. The molecule has 0 spiro atoms. The smallest absolute Gasteiger partial charge is 0.342 e. The largest absolute Gasteiger partial charge is 0.477 e. The average molecular weight is 351 g/mol. The average Bonchev–Trinajstić information content (AvgIpc) is 2.43. The summed E-state index contributed by atoms with van der Waals surface area (Å²) >= 11 is 3.38. The first-order valence-corrected chi connectivity index (χ1v) is 6.74. The molecule has 2 aromatic carbocycles. The van der Waals surface area contributed by atoms with Gasteiger partial charge >= 0.3 is 11.7 Å². The normalized spacial score (nSPS) is 10.2. The van der Waals surface area contributed by atoms with Crippen LogP contribution >= 0.6 is 15.9 Å². The van der Waals surface area contributed by atoms with Gasteiger partial charge in [-0.3, -0.25) is 10.1 Å². The van der Waals surface area contributed by atoms with Crippen LogP contribution in [-0.4, -0.2) is 16.0 Å². The van der Waals surface area contributed by atoms with Gasteiger partial charge in [0.05, 0.1) is 4.92 Å². The molecule has 0 saturated heterocycles. The first kappa shape index (κ1) is 15.0. The topological polar surface area (TPSA) is 92.5 Å². The van der Waals surface area contributed by atoms with Crippen molar-refractivity contribution in [2.75, 3.05) is 5.32 Å². The number of rotatable bonds is 4. The van der Waals surface area contributed by atoms with Crippen LogP contribution in [0, 0.1) is 17.0 Å². The number of carbonyl (C=O) groups is 1. The molecule has 0 fully saturated rings. The van der Waals surface area contributed by atoms with Crippen molar-refractivity contribution in [3.8, 4) is 0 Å². The van der Waals surface area contributed by atoms with Gasteiger partial charge in [0.25, 0.3) is 0 Å². The Morgan fingerprint density at radius 1 is 1.24 bits per heavy atom. The number of nitrogens with zero attached hydrogens (tertiary/aromatic N) is 1. The van der Waals surface area contributed by atoms with Crippen LogP contribution in [0.15, 0.2) is 40.9 Å². The van der Waals surface area contributed by atoms with Crippen molar-refractivity contribution >= 4 is 39.0 Å². The molecule has 108 valence electrons. The molecule has 0 bridgehead atoms. The van der Waals surface area contributed by atoms with Crippen LogP contribution in [0.2, 0.25) is 0 Å². The number of aromatic carboxylic acids is 1. The third-order valence-corrected chi connectivity index (χ3v) is 3.85. The number of halogens is 1. The van der Waals surface area contributed by atoms with E-state index in [0.717, 1.165) is 10.0 Å². The summed E-state index contributed by atoms with van der Waals surface area (Å²) in [7, 11) is 0. The Hall–Kier alpha value is -2.41. The van der Waals surface area contributed by atoms with Crippen molar-refractivity contribution in [3.05, 3.63) is 62.1 Å². The van der Waals surface area contributed by atoms with Gasteiger partial charge in [0.15, 0.2) is 0 Å². The predicted molar refractivity (Wildman–Crippen MR) is 82.2 cm³/mol. The number of nitrogens with one attached hydrogen (secondary N) is 1. The molecule has 6 nitrogen and oxygen atoms in total. The SMILES string of the molecule is Cc1c(Br)cccc1Nc1cccc(C(=O)O)c1[N+](=O)[O-]. The zero-order valence-corrected chi connectivity index (χ0v) is 12.5. The summed E-state index contributed by atoms with van der Waals surface area (Å²) < 4.78 is 0.851. The highest BCUT2D eigenvalue weighted by molar-refractivity contribution is 9.10. The second-order valence-corrected chi connectivity index (χ2v) is 5.16. The van der Waals surface area contributed by atoms with E-state index in [1.807, 2.05) is 13.0 Å². The van der Waals surface area contributed by atoms with Crippen LogP contribution < -0.4 is 5.32 Å². The van der Waals surface area contributed by atoms with Crippen LogP contribution in [0.3, 0.4) is 0 Å². The fourth-order valence-electron chi connectivity index (χ4n) is 1.90. The summed E-state index contributed by atoms with van der Waals surface area (Å²) in [6.45, 7) is 1.85. The molecule has 0 radical (unpaired) electrons. The molecule has 0 heterocycles. The van der Waals surface area contributed by atoms with Crippen LogP contribution in [0.5, 0.6) is 0 Å². The van der Waals surface area contributed by atoms with E-state index in [-0.39, 0.29) is 11.3 Å². The molecule has 2 rings (SSSR count). The van der Waals surface area contributed by atoms with Gasteiger partial charge < -0.3 is 10.4 Å². The Balaban J connectivity index is 2.54. The van der Waals surface area contributed by atoms with Crippen LogP contribution in [0.1, 0.15) is 15.9 Å². The van der Waals surface area contributed by atoms with Gasteiger partial charge in [0, 0.05) is 10.2 Å². The number of carboxylic acid groups (broad SMARTS) is 1. The van der Waals surface area contributed by atoms with E-state index < -0.39 is 16.6 Å². The third-order valence-electron chi connectivity index (χ3n) is 2.99. The van der Waals surface area contributed by atoms with E-state index in [2.05, 4.69) is 21.2 Å². The highest BCUT2D eigenvalue weighted by atomic mass is 79.9. The molecular formula is C14H11BrN2O4. The summed E-state index contributed by atoms with van der Waals surface area (Å²) in [5.74, 6) is -1.34. The van der Waals surface area contributed by atoms with E-state index in [1.165, 1.54) is 18.2 Å². The van der Waals surface area contributed by atoms with Gasteiger partial charge in [0.1, 0.15) is 11.3 Å². The Bertz CT molecular complexity index is 731. The van der Waals surface area contributed by atoms with Gasteiger partial charge in [-0.2, -0.15) is 0 Å². The van der Waals surface area contributed by atoms with Crippen LogP contribution in [-0.2, 0) is 0 Å². The predicted octanol–water partition coefficient (Wildman–Crippen LogP) is 4.11. The lowest BCUT2D eigenvalue weighted by Gasteiger charge is -2.12. The molecule has 2 aromatic rings. The summed E-state index contributed by atoms with van der Waals surface area (Å²) in [5.41, 5.74) is 0.866. The minimum absolute atomic E-state index is 0.140. The summed E-state index contributed by atoms with van der Waals surface area (Å²) in [6.07, 6.45) is 0. The maximum Gasteiger partial charge on any atom is 0.342 e. The Morgan fingerprint density at radius 2 is 1.86 bits per heavy atom. The van der Waals surface area contributed by atoms with Gasteiger partial charge in [-0.05, 0) is 36.8 Å². The maximum absolute atomic E-state index is 11.2. The Morgan fingerprint density at radius 3 is 2.48 bits per heavy atom. The van der Waals surface area contributed by atoms with Gasteiger partial charge in [0.2, 0.25) is 0 Å². The first-order valence-electron chi connectivity index (χ1n) is 5.94. The van der Waals surface area contributed by atoms with Gasteiger partial charge in [-0.25, -0.2) is 4.79 Å². The molecule has 0 aliphatic rings. The Labute approximate surface area is 128 Å². The van der Waals surface area contributed by atoms with E-state index in [0.29, 0.717) is 5.69 Å². The Kier molecular flexibility index (Phi) is 4.23. The second-order valence-electron chi connectivity index (χ2n) is 4.30. The minimum Gasteiger partial charge on any atom is -0.477 e. The van der Waals surface area contributed by atoms with E-state index >= 15 is 0 Å². The lowest BCUT2D eigenvalue weighted by Crippen LogP contribution is -2.06. The minimum atomic E-state index is -1.34. The van der Waals surface area contributed by atoms with Crippen LogP contribution in [0.25, 0.3) is 0 Å². The summed E-state index contributed by atoms with van der Waals surface area (Å²) in [4.78, 5) is 21.6. The number of hydrogen-bond donors (Lipinski definition) is 2. The summed E-state index contributed by atoms with van der Waals surface area (Å²) in [5, 5.41) is 23.2. The monoisotopic (exact) mass is 350 g/mol.